The van der Waals surface area contributed by atoms with E-state index in [-0.39, 0.29) is 5.91 Å². The van der Waals surface area contributed by atoms with Crippen LogP contribution < -0.4 is 10.6 Å². The highest BCUT2D eigenvalue weighted by molar-refractivity contribution is 7.99. The van der Waals surface area contributed by atoms with Crippen LogP contribution in [0.5, 0.6) is 0 Å². The van der Waals surface area contributed by atoms with Crippen molar-refractivity contribution in [3.8, 4) is 0 Å². The minimum Gasteiger partial charge on any atom is -0.366 e. The van der Waals surface area contributed by atoms with Gasteiger partial charge in [-0.05, 0) is 61.4 Å². The van der Waals surface area contributed by atoms with E-state index in [0.717, 1.165) is 25.9 Å². The Morgan fingerprint density at radius 2 is 1.87 bits per heavy atom. The van der Waals surface area contributed by atoms with E-state index in [1.165, 1.54) is 58.8 Å². The number of nitrogens with zero attached hydrogens (tertiary/aromatic N) is 2. The third-order valence-electron chi connectivity index (χ3n) is 7.04. The van der Waals surface area contributed by atoms with Crippen molar-refractivity contribution in [1.82, 2.24) is 4.90 Å². The SMILES string of the molecule is CCC(N1CCCC1)N1c2ccccc2Sc2ccc(C(N)=O)c(CC3CCC3)c21. The molecule has 5 heteroatoms. The summed E-state index contributed by atoms with van der Waals surface area (Å²) in [7, 11) is 0. The number of primary amides is 1. The fourth-order valence-corrected chi connectivity index (χ4v) is 6.43. The number of anilines is 2. The molecule has 2 aromatic carbocycles. The minimum atomic E-state index is -0.301. The second-order valence-electron chi connectivity index (χ2n) is 8.88. The molecule has 0 spiro atoms. The van der Waals surface area contributed by atoms with Gasteiger partial charge in [-0.15, -0.1) is 0 Å². The summed E-state index contributed by atoms with van der Waals surface area (Å²) in [6.45, 7) is 4.58. The smallest absolute Gasteiger partial charge is 0.249 e. The second kappa shape index (κ2) is 8.27. The number of amides is 1. The molecule has 2 aliphatic heterocycles. The van der Waals surface area contributed by atoms with Crippen LogP contribution in [-0.2, 0) is 6.42 Å². The van der Waals surface area contributed by atoms with Crippen LogP contribution >= 0.6 is 11.8 Å². The zero-order valence-corrected chi connectivity index (χ0v) is 18.6. The average Bonchev–Trinajstić information content (AvgIpc) is 3.24. The lowest BCUT2D eigenvalue weighted by molar-refractivity contribution is 0.0999. The number of hydrogen-bond donors (Lipinski definition) is 1. The molecule has 1 aliphatic carbocycles. The Morgan fingerprint density at radius 1 is 1.10 bits per heavy atom. The number of nitrogens with two attached hydrogens (primary N) is 1. The third kappa shape index (κ3) is 3.42. The van der Waals surface area contributed by atoms with Crippen molar-refractivity contribution in [2.45, 2.75) is 67.8 Å². The highest BCUT2D eigenvalue weighted by Crippen LogP contribution is 2.52. The van der Waals surface area contributed by atoms with Crippen molar-refractivity contribution in [2.75, 3.05) is 18.0 Å². The first-order valence-corrected chi connectivity index (χ1v) is 12.2. The summed E-state index contributed by atoms with van der Waals surface area (Å²) >= 11 is 1.83. The molecule has 158 valence electrons. The molecule has 1 amide bonds. The molecule has 3 aliphatic rings. The van der Waals surface area contributed by atoms with E-state index in [9.17, 15) is 4.79 Å². The molecule has 1 saturated carbocycles. The maximum atomic E-state index is 12.4. The van der Waals surface area contributed by atoms with Gasteiger partial charge in [0.15, 0.2) is 0 Å². The van der Waals surface area contributed by atoms with Crippen molar-refractivity contribution < 1.29 is 4.79 Å². The number of rotatable bonds is 6. The number of fused-ring (bicyclic) bond motifs is 2. The molecule has 2 aromatic rings. The fraction of sp³-hybridized carbons (Fsp3) is 0.480. The first-order chi connectivity index (χ1) is 14.7. The zero-order chi connectivity index (χ0) is 20.7. The van der Waals surface area contributed by atoms with E-state index in [2.05, 4.69) is 47.1 Å². The van der Waals surface area contributed by atoms with Gasteiger partial charge in [-0.2, -0.15) is 0 Å². The van der Waals surface area contributed by atoms with Crippen LogP contribution in [0.15, 0.2) is 46.2 Å². The quantitative estimate of drug-likeness (QED) is 0.663. The van der Waals surface area contributed by atoms with Gasteiger partial charge in [-0.1, -0.05) is 50.1 Å². The van der Waals surface area contributed by atoms with Crippen molar-refractivity contribution in [3.63, 3.8) is 0 Å². The van der Waals surface area contributed by atoms with Gasteiger partial charge in [0.05, 0.1) is 17.5 Å². The predicted molar refractivity (Wildman–Crippen MR) is 124 cm³/mol. The number of para-hydroxylation sites is 1. The van der Waals surface area contributed by atoms with E-state index in [0.29, 0.717) is 17.6 Å². The number of carbonyl (C=O) groups is 1. The largest absolute Gasteiger partial charge is 0.366 e. The Balaban J connectivity index is 1.69. The summed E-state index contributed by atoms with van der Waals surface area (Å²) in [4.78, 5) is 20.2. The number of hydrogen-bond acceptors (Lipinski definition) is 4. The molecule has 1 atom stereocenters. The van der Waals surface area contributed by atoms with Gasteiger partial charge in [0.25, 0.3) is 0 Å². The van der Waals surface area contributed by atoms with Crippen LogP contribution in [0.4, 0.5) is 11.4 Å². The van der Waals surface area contributed by atoms with E-state index < -0.39 is 0 Å². The normalized spacial score (nSPS) is 19.8. The molecule has 1 unspecified atom stereocenters. The first-order valence-electron chi connectivity index (χ1n) is 11.4. The van der Waals surface area contributed by atoms with Crippen molar-refractivity contribution in [1.29, 1.82) is 0 Å². The number of benzene rings is 2. The molecule has 2 N–H and O–H groups in total. The monoisotopic (exact) mass is 421 g/mol. The maximum Gasteiger partial charge on any atom is 0.249 e. The van der Waals surface area contributed by atoms with Crippen LogP contribution in [0.1, 0.15) is 61.4 Å². The van der Waals surface area contributed by atoms with Crippen molar-refractivity contribution in [2.24, 2.45) is 11.7 Å². The predicted octanol–water partition coefficient (Wildman–Crippen LogP) is 5.56. The first kappa shape index (κ1) is 20.0. The van der Waals surface area contributed by atoms with Crippen LogP contribution in [0.3, 0.4) is 0 Å². The van der Waals surface area contributed by atoms with Gasteiger partial charge in [-0.25, -0.2) is 0 Å². The second-order valence-corrected chi connectivity index (χ2v) is 9.96. The van der Waals surface area contributed by atoms with Crippen LogP contribution in [-0.4, -0.2) is 30.1 Å². The lowest BCUT2D eigenvalue weighted by Gasteiger charge is -2.44. The van der Waals surface area contributed by atoms with Crippen LogP contribution in [0.25, 0.3) is 0 Å². The molecule has 2 heterocycles. The zero-order valence-electron chi connectivity index (χ0n) is 17.8. The summed E-state index contributed by atoms with van der Waals surface area (Å²) in [6, 6.07) is 12.8. The maximum absolute atomic E-state index is 12.4. The molecule has 0 aromatic heterocycles. The Kier molecular flexibility index (Phi) is 5.50. The summed E-state index contributed by atoms with van der Waals surface area (Å²) in [6.07, 6.45) is 8.66. The molecule has 4 nitrogen and oxygen atoms in total. The summed E-state index contributed by atoms with van der Waals surface area (Å²) in [5, 5.41) is 0. The molecule has 2 fully saturated rings. The van der Waals surface area contributed by atoms with Crippen LogP contribution in [0.2, 0.25) is 0 Å². The Bertz CT molecular complexity index is 949. The molecule has 1 saturated heterocycles. The molecule has 0 bridgehead atoms. The topological polar surface area (TPSA) is 49.6 Å². The van der Waals surface area contributed by atoms with E-state index in [1.54, 1.807) is 0 Å². The number of carbonyl (C=O) groups excluding carboxylic acids is 1. The van der Waals surface area contributed by atoms with Crippen molar-refractivity contribution in [3.05, 3.63) is 47.5 Å². The minimum absolute atomic E-state index is 0.301. The third-order valence-corrected chi connectivity index (χ3v) is 8.15. The standard InChI is InChI=1S/C25H31N3OS/c1-2-23(27-14-5-6-15-27)28-20-10-3-4-11-21(20)30-22-13-12-18(25(26)29)19(24(22)28)16-17-8-7-9-17/h3-4,10-13,17,23H,2,5-9,14-16H2,1H3,(H2,26,29). The Morgan fingerprint density at radius 3 is 2.53 bits per heavy atom. The van der Waals surface area contributed by atoms with E-state index in [1.807, 2.05) is 17.8 Å². The highest BCUT2D eigenvalue weighted by Gasteiger charge is 2.36. The van der Waals surface area contributed by atoms with Crippen LogP contribution in [0, 0.1) is 5.92 Å². The molecular formula is C25H31N3OS. The highest BCUT2D eigenvalue weighted by atomic mass is 32.2. The average molecular weight is 422 g/mol. The lowest BCUT2D eigenvalue weighted by Crippen LogP contribution is -2.46. The molecular weight excluding hydrogens is 390 g/mol. The van der Waals surface area contributed by atoms with E-state index in [4.69, 9.17) is 5.73 Å². The summed E-state index contributed by atoms with van der Waals surface area (Å²) in [5.74, 6) is 0.371. The molecule has 30 heavy (non-hydrogen) atoms. The van der Waals surface area contributed by atoms with Gasteiger partial charge >= 0.3 is 0 Å². The number of likely N-dealkylation sites (tertiary alicyclic amines) is 1. The van der Waals surface area contributed by atoms with Crippen molar-refractivity contribution >= 4 is 29.0 Å². The van der Waals surface area contributed by atoms with Gasteiger partial charge < -0.3 is 10.6 Å². The van der Waals surface area contributed by atoms with Gasteiger partial charge in [0, 0.05) is 28.4 Å². The summed E-state index contributed by atoms with van der Waals surface area (Å²) < 4.78 is 0. The Labute approximate surface area is 183 Å². The van der Waals surface area contributed by atoms with Gasteiger partial charge in [0.1, 0.15) is 0 Å². The molecule has 0 radical (unpaired) electrons. The lowest BCUT2D eigenvalue weighted by atomic mass is 9.79. The Hall–Kier alpha value is -1.98. The molecule has 5 rings (SSSR count). The van der Waals surface area contributed by atoms with E-state index >= 15 is 0 Å². The van der Waals surface area contributed by atoms with Gasteiger partial charge in [-0.3, -0.25) is 9.69 Å². The fourth-order valence-electron chi connectivity index (χ4n) is 5.32. The summed E-state index contributed by atoms with van der Waals surface area (Å²) in [5.41, 5.74) is 10.3. The van der Waals surface area contributed by atoms with Gasteiger partial charge in [0.2, 0.25) is 5.91 Å².